The van der Waals surface area contributed by atoms with Gasteiger partial charge in [-0.15, -0.1) is 0 Å². The Hall–Kier alpha value is -3.79. The van der Waals surface area contributed by atoms with Crippen LogP contribution in [0.15, 0.2) is 36.5 Å². The predicted molar refractivity (Wildman–Crippen MR) is 164 cm³/mol. The summed E-state index contributed by atoms with van der Waals surface area (Å²) in [5, 5.41) is 27.5. The van der Waals surface area contributed by atoms with Crippen molar-refractivity contribution in [1.29, 1.82) is 0 Å². The first-order chi connectivity index (χ1) is 21.3. The van der Waals surface area contributed by atoms with Crippen molar-refractivity contribution in [3.05, 3.63) is 58.9 Å². The van der Waals surface area contributed by atoms with E-state index in [1.54, 1.807) is 19.2 Å². The Labute approximate surface area is 267 Å². The molecular weight excluding hydrogens is 644 g/mol. The number of fused-ring (bicyclic) bond motifs is 1. The number of sulfone groups is 2. The Morgan fingerprint density at radius 1 is 0.957 bits per heavy atom. The van der Waals surface area contributed by atoms with Gasteiger partial charge in [0, 0.05) is 42.1 Å². The van der Waals surface area contributed by atoms with E-state index in [9.17, 15) is 36.3 Å². The fourth-order valence-corrected chi connectivity index (χ4v) is 6.33. The van der Waals surface area contributed by atoms with Gasteiger partial charge in [-0.2, -0.15) is 0 Å². The molecule has 5 N–H and O–H groups in total. The molecule has 1 fully saturated rings. The Kier molecular flexibility index (Phi) is 10.8. The molecule has 46 heavy (non-hydrogen) atoms. The molecular formula is C29H38N4O11S2. The number of carbonyl (C=O) groups excluding carboxylic acids is 3. The number of aliphatic hydroxyl groups is 1. The van der Waals surface area contributed by atoms with Crippen LogP contribution in [0.2, 0.25) is 0 Å². The molecule has 2 atom stereocenters. The van der Waals surface area contributed by atoms with E-state index >= 15 is 0 Å². The molecule has 15 nitrogen and oxygen atoms in total. The van der Waals surface area contributed by atoms with Crippen molar-refractivity contribution in [3.8, 4) is 11.8 Å². The Morgan fingerprint density at radius 3 is 1.89 bits per heavy atom. The first-order valence-corrected chi connectivity index (χ1v) is 17.8. The molecule has 0 bridgehead atoms. The largest absolute Gasteiger partial charge is 0.380 e. The fourth-order valence-electron chi connectivity index (χ4n) is 4.58. The minimum absolute atomic E-state index is 0.0161. The molecule has 1 aromatic carbocycles. The van der Waals surface area contributed by atoms with Gasteiger partial charge >= 0.3 is 6.03 Å². The van der Waals surface area contributed by atoms with Gasteiger partial charge in [-0.1, -0.05) is 30.9 Å². The van der Waals surface area contributed by atoms with Gasteiger partial charge in [0.1, 0.15) is 10.3 Å². The molecule has 1 unspecified atom stereocenters. The lowest BCUT2D eigenvalue weighted by atomic mass is 9.91. The lowest BCUT2D eigenvalue weighted by molar-refractivity contribution is -0.184. The predicted octanol–water partition coefficient (Wildman–Crippen LogP) is 0.293. The molecule has 252 valence electrons. The number of nitrogens with one attached hydrogen (secondary N) is 2. The van der Waals surface area contributed by atoms with Gasteiger partial charge in [-0.25, -0.2) is 32.6 Å². The van der Waals surface area contributed by atoms with Gasteiger partial charge < -0.3 is 14.7 Å². The van der Waals surface area contributed by atoms with E-state index in [-0.39, 0.29) is 45.2 Å². The smallest absolute Gasteiger partial charge is 0.328 e. The third-order valence-electron chi connectivity index (χ3n) is 8.52. The molecule has 1 saturated heterocycles. The zero-order chi connectivity index (χ0) is 34.7. The normalized spacial score (nSPS) is 17.9. The van der Waals surface area contributed by atoms with Crippen LogP contribution in [0, 0.1) is 11.8 Å². The summed E-state index contributed by atoms with van der Waals surface area (Å²) in [5.41, 5.74) is 4.71. The van der Waals surface area contributed by atoms with Crippen LogP contribution < -0.4 is 11.0 Å². The third kappa shape index (κ3) is 7.27. The Balaban J connectivity index is 0.000000409. The van der Waals surface area contributed by atoms with E-state index in [0.29, 0.717) is 11.3 Å². The molecule has 2 aliphatic rings. The lowest BCUT2D eigenvalue weighted by Crippen LogP contribution is -2.50. The Morgan fingerprint density at radius 2 is 1.48 bits per heavy atom. The summed E-state index contributed by atoms with van der Waals surface area (Å²) >= 11 is 0. The minimum Gasteiger partial charge on any atom is -0.380 e. The van der Waals surface area contributed by atoms with Crippen LogP contribution in [0.1, 0.15) is 56.0 Å². The van der Waals surface area contributed by atoms with Crippen LogP contribution >= 0.6 is 0 Å². The maximum absolute atomic E-state index is 12.8. The average Bonchev–Trinajstić information content (AvgIpc) is 3.53. The summed E-state index contributed by atoms with van der Waals surface area (Å²) in [4.78, 5) is 37.1. The first kappa shape index (κ1) is 36.7. The van der Waals surface area contributed by atoms with E-state index in [1.807, 2.05) is 24.3 Å². The van der Waals surface area contributed by atoms with E-state index < -0.39 is 46.6 Å². The van der Waals surface area contributed by atoms with Crippen LogP contribution in [0.3, 0.4) is 0 Å². The second-order valence-electron chi connectivity index (χ2n) is 11.6. The molecule has 2 aromatic rings. The number of aromatic nitrogens is 1. The van der Waals surface area contributed by atoms with Crippen LogP contribution in [-0.4, -0.2) is 101 Å². The molecule has 0 spiro atoms. The minimum atomic E-state index is -3.84. The van der Waals surface area contributed by atoms with Crippen molar-refractivity contribution in [3.63, 3.8) is 0 Å². The highest BCUT2D eigenvalue weighted by Gasteiger charge is 2.45. The number of amides is 3. The summed E-state index contributed by atoms with van der Waals surface area (Å²) in [6.07, 6.45) is 3.45. The summed E-state index contributed by atoms with van der Waals surface area (Å²) in [6.45, 7) is 4.88. The zero-order valence-corrected chi connectivity index (χ0v) is 27.7. The van der Waals surface area contributed by atoms with E-state index in [4.69, 9.17) is 15.2 Å². The van der Waals surface area contributed by atoms with Gasteiger partial charge in [0.25, 0.3) is 11.8 Å². The molecule has 17 heteroatoms. The van der Waals surface area contributed by atoms with Crippen molar-refractivity contribution < 1.29 is 51.5 Å². The fraction of sp³-hybridized carbons (Fsp3) is 0.483. The molecule has 2 aliphatic heterocycles. The van der Waals surface area contributed by atoms with Gasteiger partial charge in [-0.05, 0) is 50.5 Å². The SMILES string of the molecule is CCC(C)(C(=O)NO)S(C)(=O)=O.C[C@@](CCN1Cc2cc(C#Cc3ccc(C4(O)COC4)cc3)cn2C1=O)(C(=O)NO)S(C)(=O)=O. The second kappa shape index (κ2) is 13.5. The van der Waals surface area contributed by atoms with E-state index in [1.165, 1.54) is 34.3 Å². The van der Waals surface area contributed by atoms with Gasteiger partial charge in [-0.3, -0.25) is 24.6 Å². The summed E-state index contributed by atoms with van der Waals surface area (Å²) in [7, 11) is -7.34. The highest BCUT2D eigenvalue weighted by molar-refractivity contribution is 7.93. The molecule has 3 heterocycles. The summed E-state index contributed by atoms with van der Waals surface area (Å²) in [5.74, 6) is 4.12. The van der Waals surface area contributed by atoms with Crippen LogP contribution in [-0.2, 0) is 46.1 Å². The lowest BCUT2D eigenvalue weighted by Gasteiger charge is -2.36. The van der Waals surface area contributed by atoms with Crippen molar-refractivity contribution in [2.24, 2.45) is 0 Å². The molecule has 4 rings (SSSR count). The maximum atomic E-state index is 12.8. The second-order valence-corrected chi connectivity index (χ2v) is 16.5. The molecule has 3 amide bonds. The molecule has 0 radical (unpaired) electrons. The molecule has 1 aromatic heterocycles. The number of hydrogen-bond acceptors (Lipinski definition) is 11. The van der Waals surface area contributed by atoms with Gasteiger partial charge in [0.05, 0.1) is 19.8 Å². The van der Waals surface area contributed by atoms with Crippen LogP contribution in [0.4, 0.5) is 4.79 Å². The number of benzene rings is 1. The number of nitrogens with zero attached hydrogens (tertiary/aromatic N) is 2. The summed E-state index contributed by atoms with van der Waals surface area (Å²) < 4.78 is 49.6. The number of carbonyl (C=O) groups is 3. The summed E-state index contributed by atoms with van der Waals surface area (Å²) in [6, 6.07) is 8.70. The standard InChI is InChI=1S/C23H25N3O7S.C6H13NO4S/c1-22(20(27)24-30,34(2,31)32)9-10-25-13-19-11-17(12-26(19)21(25)28)4-3-16-5-7-18(8-6-16)23(29)14-33-15-23;1-4-6(2,5(8)7-9)12(3,10)11/h5-8,11-12,29-30H,9-10,13-15H2,1-2H3,(H,24,27);9H,4H2,1-3H3,(H,7,8)/t22-;/m1./s1. The van der Waals surface area contributed by atoms with Gasteiger partial charge in [0.2, 0.25) is 0 Å². The number of hydroxylamine groups is 2. The van der Waals surface area contributed by atoms with Crippen molar-refractivity contribution in [1.82, 2.24) is 20.4 Å². The molecule has 0 saturated carbocycles. The number of hydrogen-bond donors (Lipinski definition) is 5. The third-order valence-corrected chi connectivity index (χ3v) is 12.7. The number of ether oxygens (including phenoxy) is 1. The van der Waals surface area contributed by atoms with Gasteiger partial charge in [0.15, 0.2) is 24.4 Å². The van der Waals surface area contributed by atoms with Crippen molar-refractivity contribution in [2.45, 2.75) is 55.3 Å². The average molecular weight is 683 g/mol. The molecule has 0 aliphatic carbocycles. The highest BCUT2D eigenvalue weighted by Crippen LogP contribution is 2.29. The first-order valence-electron chi connectivity index (χ1n) is 14.0. The van der Waals surface area contributed by atoms with Crippen LogP contribution in [0.25, 0.3) is 0 Å². The van der Waals surface area contributed by atoms with E-state index in [2.05, 4.69) is 11.8 Å². The zero-order valence-electron chi connectivity index (χ0n) is 26.0. The van der Waals surface area contributed by atoms with E-state index in [0.717, 1.165) is 23.6 Å². The highest BCUT2D eigenvalue weighted by atomic mass is 32.2. The van der Waals surface area contributed by atoms with Crippen molar-refractivity contribution in [2.75, 3.05) is 32.3 Å². The Bertz CT molecular complexity index is 1770. The number of rotatable bonds is 9. The quantitative estimate of drug-likeness (QED) is 0.137. The topological polar surface area (TPSA) is 222 Å². The monoisotopic (exact) mass is 682 g/mol. The maximum Gasteiger partial charge on any atom is 0.328 e. The van der Waals surface area contributed by atoms with Crippen LogP contribution in [0.5, 0.6) is 0 Å². The van der Waals surface area contributed by atoms with Crippen molar-refractivity contribution >= 4 is 37.5 Å².